The predicted octanol–water partition coefficient (Wildman–Crippen LogP) is 8.17. The second-order valence-electron chi connectivity index (χ2n) is 16.8. The number of hydrogen-bond donors (Lipinski definition) is 1. The number of carbonyl (C=O) groups excluding carboxylic acids is 1. The maximum absolute atomic E-state index is 17.2. The van der Waals surface area contributed by atoms with E-state index >= 15 is 4.39 Å². The van der Waals surface area contributed by atoms with Crippen molar-refractivity contribution in [3.63, 3.8) is 0 Å². The van der Waals surface area contributed by atoms with E-state index in [2.05, 4.69) is 43.4 Å². The first kappa shape index (κ1) is 32.4. The van der Waals surface area contributed by atoms with Crippen molar-refractivity contribution in [3.8, 4) is 17.2 Å². The highest BCUT2D eigenvalue weighted by atomic mass is 35.5. The van der Waals surface area contributed by atoms with Crippen LogP contribution >= 0.6 is 23.2 Å². The van der Waals surface area contributed by atoms with Gasteiger partial charge < -0.3 is 14.8 Å². The summed E-state index contributed by atoms with van der Waals surface area (Å²) in [4.78, 5) is 21.2. The van der Waals surface area contributed by atoms with Gasteiger partial charge >= 0.3 is 0 Å². The summed E-state index contributed by atoms with van der Waals surface area (Å²) in [6, 6.07) is 12.0. The molecule has 0 spiro atoms. The normalized spacial score (nSPS) is 29.7. The molecule has 2 aromatic carbocycles. The van der Waals surface area contributed by atoms with Crippen molar-refractivity contribution in [2.24, 2.45) is 17.8 Å². The summed E-state index contributed by atoms with van der Waals surface area (Å²) in [6.07, 6.45) is 10.1. The monoisotopic (exact) mass is 748 g/mol. The van der Waals surface area contributed by atoms with E-state index in [0.29, 0.717) is 52.0 Å². The van der Waals surface area contributed by atoms with Gasteiger partial charge in [-0.05, 0) is 93.9 Å². The second-order valence-corrected chi connectivity index (χ2v) is 17.6. The Bertz CT molecular complexity index is 2410. The molecule has 53 heavy (non-hydrogen) atoms. The zero-order valence-electron chi connectivity index (χ0n) is 29.5. The van der Waals surface area contributed by atoms with Crippen LogP contribution in [0.5, 0.6) is 0 Å². The number of halogens is 3. The topological polar surface area (TPSA) is 105 Å². The summed E-state index contributed by atoms with van der Waals surface area (Å²) >= 11 is 13.2. The van der Waals surface area contributed by atoms with Crippen LogP contribution in [-0.4, -0.2) is 54.5 Å². The zero-order valence-corrected chi connectivity index (χ0v) is 31.0. The van der Waals surface area contributed by atoms with E-state index in [1.54, 1.807) is 18.2 Å². The van der Waals surface area contributed by atoms with Gasteiger partial charge in [-0.25, -0.2) is 14.1 Å². The second kappa shape index (κ2) is 11.5. The minimum atomic E-state index is -0.467. The summed E-state index contributed by atoms with van der Waals surface area (Å²) in [5.74, 6) is 1.11. The van der Waals surface area contributed by atoms with Gasteiger partial charge in [0.2, 0.25) is 5.91 Å². The van der Waals surface area contributed by atoms with Crippen molar-refractivity contribution in [2.45, 2.75) is 94.3 Å². The van der Waals surface area contributed by atoms with Crippen LogP contribution < -0.4 is 5.32 Å². The van der Waals surface area contributed by atoms with Crippen LogP contribution in [0.15, 0.2) is 36.5 Å². The number of nitrogens with one attached hydrogen (secondary N) is 1. The van der Waals surface area contributed by atoms with Crippen LogP contribution in [-0.2, 0) is 16.6 Å². The Morgan fingerprint density at radius 3 is 2.68 bits per heavy atom. The van der Waals surface area contributed by atoms with Crippen molar-refractivity contribution in [1.29, 1.82) is 5.26 Å². The number of carbonyl (C=O) groups is 1. The number of aryl methyl sites for hydroxylation is 2. The van der Waals surface area contributed by atoms with E-state index in [4.69, 9.17) is 28.2 Å². The highest BCUT2D eigenvalue weighted by Gasteiger charge is 2.59. The van der Waals surface area contributed by atoms with E-state index in [1.165, 1.54) is 19.3 Å². The summed E-state index contributed by atoms with van der Waals surface area (Å²) in [5.41, 5.74) is 5.86. The number of benzene rings is 2. The van der Waals surface area contributed by atoms with Gasteiger partial charge in [0, 0.05) is 76.4 Å². The van der Waals surface area contributed by atoms with Gasteiger partial charge in [0.1, 0.15) is 5.52 Å². The summed E-state index contributed by atoms with van der Waals surface area (Å²) in [7, 11) is 0. The molecule has 3 aliphatic heterocycles. The molecule has 13 rings (SSSR count). The lowest BCUT2D eigenvalue weighted by atomic mass is 9.43. The molecule has 8 aliphatic rings. The van der Waals surface area contributed by atoms with E-state index in [-0.39, 0.29) is 52.3 Å². The van der Waals surface area contributed by atoms with Gasteiger partial charge in [-0.3, -0.25) is 4.79 Å². The van der Waals surface area contributed by atoms with Crippen molar-refractivity contribution in [2.75, 3.05) is 13.1 Å². The highest BCUT2D eigenvalue weighted by molar-refractivity contribution is 6.43. The van der Waals surface area contributed by atoms with Crippen molar-refractivity contribution in [3.05, 3.63) is 75.0 Å². The molecule has 5 unspecified atom stereocenters. The predicted molar refractivity (Wildman–Crippen MR) is 200 cm³/mol. The lowest BCUT2D eigenvalue weighted by molar-refractivity contribution is -0.133. The smallest absolute Gasteiger partial charge is 0.226 e. The summed E-state index contributed by atoms with van der Waals surface area (Å²) in [5, 5.41) is 25.0. The van der Waals surface area contributed by atoms with Crippen molar-refractivity contribution < 1.29 is 9.18 Å². The largest absolute Gasteiger partial charge is 0.337 e. The number of fused-ring (bicyclic) bond motifs is 4. The van der Waals surface area contributed by atoms with Gasteiger partial charge in [0.25, 0.3) is 0 Å². The minimum Gasteiger partial charge on any atom is -0.337 e. The number of pyridine rings is 1. The van der Waals surface area contributed by atoms with Gasteiger partial charge in [0.15, 0.2) is 5.82 Å². The van der Waals surface area contributed by atoms with Gasteiger partial charge in [-0.1, -0.05) is 40.5 Å². The fourth-order valence-corrected chi connectivity index (χ4v) is 11.1. The molecule has 4 bridgehead atoms. The molecule has 0 radical (unpaired) electrons. The molecule has 1 N–H and O–H groups in total. The third-order valence-electron chi connectivity index (χ3n) is 13.7. The molecular formula is C41H39Cl2FN8O. The molecule has 12 heteroatoms. The minimum absolute atomic E-state index is 0.00926. The lowest BCUT2D eigenvalue weighted by Crippen LogP contribution is -2.55. The first-order valence-electron chi connectivity index (χ1n) is 19.2. The number of aromatic nitrogens is 5. The SMILES string of the molecule is Cc1nc2c(F)c(-c3cccc(Cl)c3Cl)c(CCC#N)cc2c2c1cc(C1CC(n3cc(C45CC(C4)C5)nn3)CN1C(=O)C1CC1)n2C1C2CNC1C2. The van der Waals surface area contributed by atoms with E-state index in [1.807, 2.05) is 17.7 Å². The molecule has 5 aliphatic carbocycles. The number of amides is 1. The molecule has 8 fully saturated rings. The third kappa shape index (κ3) is 4.63. The summed E-state index contributed by atoms with van der Waals surface area (Å²) < 4.78 is 21.7. The van der Waals surface area contributed by atoms with Gasteiger partial charge in [-0.2, -0.15) is 5.26 Å². The molecule has 270 valence electrons. The Hall–Kier alpha value is -4.04. The highest BCUT2D eigenvalue weighted by Crippen LogP contribution is 2.64. The molecule has 5 saturated carbocycles. The number of nitrogens with zero attached hydrogens (tertiary/aromatic N) is 7. The average Bonchev–Trinajstić information content (AvgIpc) is 3.59. The third-order valence-corrected chi connectivity index (χ3v) is 14.5. The Labute approximate surface area is 316 Å². The average molecular weight is 750 g/mol. The van der Waals surface area contributed by atoms with Crippen LogP contribution in [0.4, 0.5) is 4.39 Å². The zero-order chi connectivity index (χ0) is 35.9. The number of hydrogen-bond acceptors (Lipinski definition) is 6. The van der Waals surface area contributed by atoms with E-state index < -0.39 is 5.82 Å². The number of nitriles is 1. The maximum atomic E-state index is 17.2. The molecular weight excluding hydrogens is 710 g/mol. The number of likely N-dealkylation sites (tertiary alicyclic amines) is 1. The molecule has 6 heterocycles. The maximum Gasteiger partial charge on any atom is 0.226 e. The molecule has 3 aromatic heterocycles. The van der Waals surface area contributed by atoms with Gasteiger partial charge in [0.05, 0.1) is 45.5 Å². The summed E-state index contributed by atoms with van der Waals surface area (Å²) in [6.45, 7) is 3.47. The van der Waals surface area contributed by atoms with E-state index in [9.17, 15) is 10.1 Å². The fraction of sp³-hybridized carbons (Fsp3) is 0.488. The first-order chi connectivity index (χ1) is 25.7. The van der Waals surface area contributed by atoms with Crippen LogP contribution in [0.25, 0.3) is 32.9 Å². The van der Waals surface area contributed by atoms with Crippen LogP contribution in [0.2, 0.25) is 10.0 Å². The standard InChI is InChI=1S/C41H39Cl2FN8O/c1-20-27-13-32(31-12-25(18-50(31)40(53)22-7-8-22)51-19-33(48-49-51)41-14-21(15-41)16-41)52(38-24-11-30(38)46-17-24)39(27)28-10-23(4-3-9-45)34(36(44)37(28)47-20)26-5-2-6-29(42)35(26)43/h2,5-6,10,13,19,21-22,24-25,30-31,38,46H,3-4,7-8,11-12,14-18H2,1H3. The molecule has 5 aromatic rings. The Morgan fingerprint density at radius 2 is 1.98 bits per heavy atom. The van der Waals surface area contributed by atoms with E-state index in [0.717, 1.165) is 66.1 Å². The lowest BCUT2D eigenvalue weighted by Gasteiger charge is -2.60. The first-order valence-corrected chi connectivity index (χ1v) is 19.9. The molecule has 3 saturated heterocycles. The molecule has 9 nitrogen and oxygen atoms in total. The molecule has 1 amide bonds. The van der Waals surface area contributed by atoms with Crippen LogP contribution in [0.3, 0.4) is 0 Å². The fourth-order valence-electron chi connectivity index (χ4n) is 10.7. The van der Waals surface area contributed by atoms with Crippen LogP contribution in [0.1, 0.15) is 92.1 Å². The number of rotatable bonds is 8. The Kier molecular flexibility index (Phi) is 7.02. The Morgan fingerprint density at radius 1 is 1.15 bits per heavy atom. The van der Waals surface area contributed by atoms with Crippen molar-refractivity contribution >= 4 is 50.9 Å². The Balaban J connectivity index is 1.11. The van der Waals surface area contributed by atoms with Crippen LogP contribution in [0, 0.1) is 41.8 Å². The van der Waals surface area contributed by atoms with Crippen molar-refractivity contribution in [1.82, 2.24) is 34.8 Å². The van der Waals surface area contributed by atoms with Gasteiger partial charge in [-0.15, -0.1) is 5.10 Å². The quantitative estimate of drug-likeness (QED) is 0.172. The molecule has 5 atom stereocenters.